The van der Waals surface area contributed by atoms with Crippen LogP contribution >= 0.6 is 23.2 Å². The number of phenols is 1. The number of carbonyl (C=O) groups excluding carboxylic acids is 2. The number of anilines is 1. The van der Waals surface area contributed by atoms with Crippen LogP contribution in [0.4, 0.5) is 5.69 Å². The summed E-state index contributed by atoms with van der Waals surface area (Å²) in [6.07, 6.45) is 0. The van der Waals surface area contributed by atoms with E-state index in [1.807, 2.05) is 0 Å². The molecule has 1 fully saturated rings. The number of halogens is 2. The molecule has 3 aromatic carbocycles. The van der Waals surface area contributed by atoms with Crippen LogP contribution in [0.25, 0.3) is 5.76 Å². The second-order valence-corrected chi connectivity index (χ2v) is 7.94. The third kappa shape index (κ3) is 3.79. The van der Waals surface area contributed by atoms with E-state index in [1.54, 1.807) is 42.5 Å². The van der Waals surface area contributed by atoms with Crippen molar-refractivity contribution in [1.82, 2.24) is 0 Å². The van der Waals surface area contributed by atoms with Crippen LogP contribution in [0.5, 0.6) is 11.5 Å². The van der Waals surface area contributed by atoms with Crippen molar-refractivity contribution in [3.05, 3.63) is 93.5 Å². The minimum Gasteiger partial charge on any atom is -0.507 e. The van der Waals surface area contributed by atoms with Crippen molar-refractivity contribution in [3.8, 4) is 11.5 Å². The number of methoxy groups -OCH3 is 1. The first-order valence-corrected chi connectivity index (χ1v) is 10.3. The van der Waals surface area contributed by atoms with E-state index in [9.17, 15) is 19.8 Å². The quantitative estimate of drug-likeness (QED) is 0.306. The van der Waals surface area contributed by atoms with Crippen LogP contribution in [0, 0.1) is 0 Å². The average molecular weight is 470 g/mol. The molecular weight excluding hydrogens is 453 g/mol. The molecule has 0 aliphatic carbocycles. The van der Waals surface area contributed by atoms with E-state index in [1.165, 1.54) is 36.3 Å². The molecule has 1 atom stereocenters. The predicted molar refractivity (Wildman–Crippen MR) is 122 cm³/mol. The molecule has 1 amide bonds. The van der Waals surface area contributed by atoms with Gasteiger partial charge in [-0.3, -0.25) is 14.5 Å². The minimum absolute atomic E-state index is 0.0430. The Morgan fingerprint density at radius 2 is 1.75 bits per heavy atom. The summed E-state index contributed by atoms with van der Waals surface area (Å²) in [5, 5.41) is 21.3. The number of aromatic hydroxyl groups is 1. The number of carbonyl (C=O) groups is 2. The summed E-state index contributed by atoms with van der Waals surface area (Å²) in [5.74, 6) is -1.72. The second-order valence-electron chi connectivity index (χ2n) is 7.09. The number of hydrogen-bond donors (Lipinski definition) is 2. The Hall–Kier alpha value is -3.48. The van der Waals surface area contributed by atoms with Crippen LogP contribution in [0.3, 0.4) is 0 Å². The summed E-state index contributed by atoms with van der Waals surface area (Å²) in [6.45, 7) is 0. The number of amides is 1. The number of aliphatic hydroxyl groups is 1. The van der Waals surface area contributed by atoms with Crippen LogP contribution in [0.2, 0.25) is 10.0 Å². The molecular formula is C24H17Cl2NO5. The highest BCUT2D eigenvalue weighted by Gasteiger charge is 2.47. The van der Waals surface area contributed by atoms with Gasteiger partial charge >= 0.3 is 0 Å². The summed E-state index contributed by atoms with van der Waals surface area (Å²) >= 11 is 12.2. The maximum atomic E-state index is 13.1. The Morgan fingerprint density at radius 1 is 1.00 bits per heavy atom. The van der Waals surface area contributed by atoms with Gasteiger partial charge in [0.05, 0.1) is 23.7 Å². The molecule has 1 aliphatic heterocycles. The van der Waals surface area contributed by atoms with E-state index in [0.717, 1.165) is 0 Å². The van der Waals surface area contributed by atoms with Crippen LogP contribution in [0.15, 0.2) is 72.3 Å². The fourth-order valence-electron chi connectivity index (χ4n) is 3.66. The van der Waals surface area contributed by atoms with Crippen LogP contribution in [-0.4, -0.2) is 29.0 Å². The second kappa shape index (κ2) is 8.57. The van der Waals surface area contributed by atoms with Crippen LogP contribution < -0.4 is 9.64 Å². The maximum absolute atomic E-state index is 13.1. The number of hydrogen-bond acceptors (Lipinski definition) is 5. The normalized spacial score (nSPS) is 17.6. The van der Waals surface area contributed by atoms with Crippen molar-refractivity contribution in [2.45, 2.75) is 6.04 Å². The lowest BCUT2D eigenvalue weighted by molar-refractivity contribution is -0.132. The molecule has 0 spiro atoms. The number of ether oxygens (including phenoxy) is 1. The molecule has 6 nitrogen and oxygen atoms in total. The fourth-order valence-corrected chi connectivity index (χ4v) is 4.04. The first-order valence-electron chi connectivity index (χ1n) is 9.51. The average Bonchev–Trinajstić information content (AvgIpc) is 3.05. The van der Waals surface area contributed by atoms with Gasteiger partial charge in [-0.1, -0.05) is 47.5 Å². The van der Waals surface area contributed by atoms with Gasteiger partial charge in [-0.05, 0) is 42.0 Å². The van der Waals surface area contributed by atoms with E-state index in [0.29, 0.717) is 22.0 Å². The Bertz CT molecular complexity index is 1270. The number of rotatable bonds is 4. The highest BCUT2D eigenvalue weighted by molar-refractivity contribution is 6.51. The van der Waals surface area contributed by atoms with Crippen molar-refractivity contribution in [1.29, 1.82) is 0 Å². The van der Waals surface area contributed by atoms with Gasteiger partial charge in [0.25, 0.3) is 11.7 Å². The zero-order chi connectivity index (χ0) is 23.0. The molecule has 0 aromatic heterocycles. The molecule has 0 radical (unpaired) electrons. The first kappa shape index (κ1) is 21.7. The zero-order valence-electron chi connectivity index (χ0n) is 16.8. The van der Waals surface area contributed by atoms with Crippen molar-refractivity contribution >= 4 is 46.3 Å². The Balaban J connectivity index is 1.97. The highest BCUT2D eigenvalue weighted by atomic mass is 35.5. The topological polar surface area (TPSA) is 87.1 Å². The number of benzene rings is 3. The van der Waals surface area contributed by atoms with E-state index < -0.39 is 17.7 Å². The van der Waals surface area contributed by atoms with Gasteiger partial charge in [0.2, 0.25) is 0 Å². The SMILES string of the molecule is COc1cccc(N2C(=O)C(=O)/C(=C(\O)c3cccc(Cl)c3)C2c2ccc(O)c(Cl)c2)c1. The third-order valence-electron chi connectivity index (χ3n) is 5.16. The summed E-state index contributed by atoms with van der Waals surface area (Å²) in [4.78, 5) is 27.5. The van der Waals surface area contributed by atoms with Gasteiger partial charge in [0, 0.05) is 22.3 Å². The summed E-state index contributed by atoms with van der Waals surface area (Å²) in [7, 11) is 1.49. The Morgan fingerprint density at radius 3 is 2.44 bits per heavy atom. The predicted octanol–water partition coefficient (Wildman–Crippen LogP) is 5.33. The third-order valence-corrected chi connectivity index (χ3v) is 5.70. The number of Topliss-reactive ketones (excluding diaryl/α,β-unsaturated/α-hetero) is 1. The maximum Gasteiger partial charge on any atom is 0.300 e. The molecule has 1 unspecified atom stereocenters. The van der Waals surface area contributed by atoms with Gasteiger partial charge in [-0.2, -0.15) is 0 Å². The van der Waals surface area contributed by atoms with Gasteiger partial charge < -0.3 is 14.9 Å². The largest absolute Gasteiger partial charge is 0.507 e. The molecule has 3 aromatic rings. The molecule has 0 bridgehead atoms. The summed E-state index contributed by atoms with van der Waals surface area (Å²) in [6, 6.07) is 16.3. The Labute approximate surface area is 193 Å². The molecule has 162 valence electrons. The number of phenolic OH excluding ortho intramolecular Hbond substituents is 1. The van der Waals surface area contributed by atoms with Gasteiger partial charge in [-0.25, -0.2) is 0 Å². The van der Waals surface area contributed by atoms with E-state index in [4.69, 9.17) is 27.9 Å². The number of ketones is 1. The molecule has 0 saturated carbocycles. The van der Waals surface area contributed by atoms with Crippen molar-refractivity contribution < 1.29 is 24.5 Å². The van der Waals surface area contributed by atoms with E-state index in [2.05, 4.69) is 0 Å². The van der Waals surface area contributed by atoms with Crippen molar-refractivity contribution in [2.24, 2.45) is 0 Å². The molecule has 8 heteroatoms. The Kier molecular flexibility index (Phi) is 5.82. The molecule has 4 rings (SSSR count). The molecule has 1 heterocycles. The molecule has 1 saturated heterocycles. The van der Waals surface area contributed by atoms with Crippen LogP contribution in [-0.2, 0) is 9.59 Å². The van der Waals surface area contributed by atoms with E-state index >= 15 is 0 Å². The lowest BCUT2D eigenvalue weighted by atomic mass is 9.95. The highest BCUT2D eigenvalue weighted by Crippen LogP contribution is 2.44. The number of nitrogens with zero attached hydrogens (tertiary/aromatic N) is 1. The lowest BCUT2D eigenvalue weighted by Gasteiger charge is -2.26. The summed E-state index contributed by atoms with van der Waals surface area (Å²) < 4.78 is 5.26. The monoisotopic (exact) mass is 469 g/mol. The van der Waals surface area contributed by atoms with Gasteiger partial charge in [0.1, 0.15) is 17.3 Å². The standard InChI is InChI=1S/C24H17Cl2NO5/c1-32-17-7-3-6-16(12-17)27-21(13-8-9-19(28)18(26)11-13)20(23(30)24(27)31)22(29)14-4-2-5-15(25)10-14/h2-12,21,28-29H,1H3/b22-20-. The molecule has 32 heavy (non-hydrogen) atoms. The number of aliphatic hydroxyl groups excluding tert-OH is 1. The van der Waals surface area contributed by atoms with Crippen molar-refractivity contribution in [2.75, 3.05) is 12.0 Å². The zero-order valence-corrected chi connectivity index (χ0v) is 18.3. The van der Waals surface area contributed by atoms with Gasteiger partial charge in [-0.15, -0.1) is 0 Å². The molecule has 2 N–H and O–H groups in total. The fraction of sp³-hybridized carbons (Fsp3) is 0.0833. The lowest BCUT2D eigenvalue weighted by Crippen LogP contribution is -2.29. The summed E-state index contributed by atoms with van der Waals surface area (Å²) in [5.41, 5.74) is 0.988. The van der Waals surface area contributed by atoms with Gasteiger partial charge in [0.15, 0.2) is 0 Å². The smallest absolute Gasteiger partial charge is 0.300 e. The van der Waals surface area contributed by atoms with E-state index in [-0.39, 0.29) is 27.7 Å². The molecule has 1 aliphatic rings. The van der Waals surface area contributed by atoms with Crippen LogP contribution in [0.1, 0.15) is 17.2 Å². The minimum atomic E-state index is -1.00. The van der Waals surface area contributed by atoms with Crippen molar-refractivity contribution in [3.63, 3.8) is 0 Å². The first-order chi connectivity index (χ1) is 15.3.